The first-order chi connectivity index (χ1) is 8.58. The SMILES string of the molecule is CCCCCCCCCCC1(S)CC(=O)OC1=O. The maximum atomic E-state index is 11.4. The van der Waals surface area contributed by atoms with Gasteiger partial charge in [-0.1, -0.05) is 58.3 Å². The molecule has 0 aromatic heterocycles. The molecule has 4 heteroatoms. The van der Waals surface area contributed by atoms with Gasteiger partial charge in [-0.15, -0.1) is 0 Å². The Balaban J connectivity index is 2.04. The highest BCUT2D eigenvalue weighted by Crippen LogP contribution is 2.33. The smallest absolute Gasteiger partial charge is 0.330 e. The number of unbranched alkanes of at least 4 members (excludes halogenated alkanes) is 7. The van der Waals surface area contributed by atoms with Crippen LogP contribution in [0.4, 0.5) is 0 Å². The van der Waals surface area contributed by atoms with Crippen molar-refractivity contribution < 1.29 is 14.3 Å². The molecule has 1 rings (SSSR count). The number of hydrogen-bond acceptors (Lipinski definition) is 4. The molecular formula is C14H24O3S. The normalized spacial score (nSPS) is 23.4. The number of carbonyl (C=O) groups excluding carboxylic acids is 2. The van der Waals surface area contributed by atoms with Crippen molar-refractivity contribution in [2.24, 2.45) is 0 Å². The van der Waals surface area contributed by atoms with Crippen LogP contribution in [0.25, 0.3) is 0 Å². The lowest BCUT2D eigenvalue weighted by atomic mass is 9.97. The van der Waals surface area contributed by atoms with Crippen molar-refractivity contribution in [1.82, 2.24) is 0 Å². The van der Waals surface area contributed by atoms with Crippen LogP contribution >= 0.6 is 12.6 Å². The van der Waals surface area contributed by atoms with E-state index >= 15 is 0 Å². The standard InChI is InChI=1S/C14H24O3S/c1-2-3-4-5-6-7-8-9-10-14(18)11-12(15)17-13(14)16/h18H,2-11H2,1H3. The summed E-state index contributed by atoms with van der Waals surface area (Å²) in [6, 6.07) is 0. The molecule has 1 fully saturated rings. The quantitative estimate of drug-likeness (QED) is 0.301. The van der Waals surface area contributed by atoms with Crippen LogP contribution < -0.4 is 0 Å². The molecule has 0 amide bonds. The van der Waals surface area contributed by atoms with Gasteiger partial charge in [0.1, 0.15) is 4.75 Å². The number of esters is 2. The lowest BCUT2D eigenvalue weighted by Gasteiger charge is -2.15. The van der Waals surface area contributed by atoms with Crippen LogP contribution in [-0.4, -0.2) is 16.7 Å². The van der Waals surface area contributed by atoms with Crippen molar-refractivity contribution >= 4 is 24.6 Å². The second-order valence-electron chi connectivity index (χ2n) is 5.19. The molecule has 0 aromatic rings. The Morgan fingerprint density at radius 1 is 1.06 bits per heavy atom. The molecule has 1 atom stereocenters. The molecule has 3 nitrogen and oxygen atoms in total. The van der Waals surface area contributed by atoms with Crippen molar-refractivity contribution in [2.45, 2.75) is 75.9 Å². The fourth-order valence-corrected chi connectivity index (χ4v) is 2.62. The number of carbonyl (C=O) groups is 2. The van der Waals surface area contributed by atoms with E-state index in [1.807, 2.05) is 0 Å². The monoisotopic (exact) mass is 272 g/mol. The first-order valence-electron chi connectivity index (χ1n) is 7.06. The molecule has 1 aliphatic rings. The zero-order valence-corrected chi connectivity index (χ0v) is 12.1. The molecule has 1 aliphatic heterocycles. The van der Waals surface area contributed by atoms with Gasteiger partial charge >= 0.3 is 11.9 Å². The van der Waals surface area contributed by atoms with Crippen molar-refractivity contribution in [2.75, 3.05) is 0 Å². The molecule has 0 saturated carbocycles. The van der Waals surface area contributed by atoms with E-state index in [0.717, 1.165) is 12.8 Å². The van der Waals surface area contributed by atoms with Gasteiger partial charge in [0.15, 0.2) is 0 Å². The lowest BCUT2D eigenvalue weighted by molar-refractivity contribution is -0.152. The van der Waals surface area contributed by atoms with E-state index in [4.69, 9.17) is 0 Å². The van der Waals surface area contributed by atoms with E-state index in [9.17, 15) is 9.59 Å². The second kappa shape index (κ2) is 7.82. The predicted molar refractivity (Wildman–Crippen MR) is 74.7 cm³/mol. The molecule has 0 bridgehead atoms. The summed E-state index contributed by atoms with van der Waals surface area (Å²) in [5, 5.41) is 0. The summed E-state index contributed by atoms with van der Waals surface area (Å²) in [6.07, 6.45) is 10.5. The summed E-state index contributed by atoms with van der Waals surface area (Å²) in [7, 11) is 0. The summed E-state index contributed by atoms with van der Waals surface area (Å²) in [5.74, 6) is -0.895. The molecule has 0 aromatic carbocycles. The Bertz CT molecular complexity index is 291. The molecular weight excluding hydrogens is 248 g/mol. The second-order valence-corrected chi connectivity index (χ2v) is 6.05. The molecule has 0 radical (unpaired) electrons. The van der Waals surface area contributed by atoms with Crippen LogP contribution in [-0.2, 0) is 14.3 Å². The minimum Gasteiger partial charge on any atom is -0.392 e. The molecule has 0 aliphatic carbocycles. The van der Waals surface area contributed by atoms with E-state index < -0.39 is 16.7 Å². The zero-order chi connectivity index (χ0) is 13.4. The van der Waals surface area contributed by atoms with E-state index in [1.165, 1.54) is 38.5 Å². The maximum absolute atomic E-state index is 11.4. The third-order valence-electron chi connectivity index (χ3n) is 3.47. The summed E-state index contributed by atoms with van der Waals surface area (Å²) < 4.78 is 3.70. The molecule has 1 unspecified atom stereocenters. The van der Waals surface area contributed by atoms with Gasteiger partial charge < -0.3 is 4.74 Å². The topological polar surface area (TPSA) is 43.4 Å². The van der Waals surface area contributed by atoms with Gasteiger partial charge in [-0.2, -0.15) is 12.6 Å². The van der Waals surface area contributed by atoms with Gasteiger partial charge in [0.25, 0.3) is 0 Å². The van der Waals surface area contributed by atoms with Crippen molar-refractivity contribution in [3.8, 4) is 0 Å². The van der Waals surface area contributed by atoms with Gasteiger partial charge in [0.2, 0.25) is 0 Å². The largest absolute Gasteiger partial charge is 0.392 e. The lowest BCUT2D eigenvalue weighted by Crippen LogP contribution is -2.27. The van der Waals surface area contributed by atoms with Crippen molar-refractivity contribution in [3.63, 3.8) is 0 Å². The van der Waals surface area contributed by atoms with Crippen LogP contribution in [0.1, 0.15) is 71.1 Å². The third kappa shape index (κ3) is 5.01. The number of hydrogen-bond donors (Lipinski definition) is 1. The molecule has 1 heterocycles. The number of thiol groups is 1. The Hall–Kier alpha value is -0.510. The predicted octanol–water partition coefficient (Wildman–Crippen LogP) is 3.66. The number of cyclic esters (lactones) is 2. The highest BCUT2D eigenvalue weighted by atomic mass is 32.1. The van der Waals surface area contributed by atoms with Crippen LogP contribution in [0.5, 0.6) is 0 Å². The average Bonchev–Trinajstić information content (AvgIpc) is 2.57. The van der Waals surface area contributed by atoms with Gasteiger partial charge in [-0.3, -0.25) is 9.59 Å². The van der Waals surface area contributed by atoms with Crippen LogP contribution in [0.2, 0.25) is 0 Å². The summed E-state index contributed by atoms with van der Waals surface area (Å²) in [4.78, 5) is 22.4. The minimum atomic E-state index is -0.848. The molecule has 1 saturated heterocycles. The summed E-state index contributed by atoms with van der Waals surface area (Å²) >= 11 is 4.31. The summed E-state index contributed by atoms with van der Waals surface area (Å²) in [6.45, 7) is 2.22. The van der Waals surface area contributed by atoms with Crippen LogP contribution in [0, 0.1) is 0 Å². The van der Waals surface area contributed by atoms with Crippen LogP contribution in [0.3, 0.4) is 0 Å². The maximum Gasteiger partial charge on any atom is 0.330 e. The van der Waals surface area contributed by atoms with Gasteiger partial charge in [0, 0.05) is 0 Å². The van der Waals surface area contributed by atoms with Gasteiger partial charge in [-0.05, 0) is 6.42 Å². The van der Waals surface area contributed by atoms with E-state index in [2.05, 4.69) is 24.3 Å². The van der Waals surface area contributed by atoms with Gasteiger partial charge in [-0.25, -0.2) is 0 Å². The fourth-order valence-electron chi connectivity index (χ4n) is 2.29. The van der Waals surface area contributed by atoms with E-state index in [1.54, 1.807) is 0 Å². The fraction of sp³-hybridized carbons (Fsp3) is 0.857. The summed E-state index contributed by atoms with van der Waals surface area (Å²) in [5.41, 5.74) is 0. The molecule has 0 spiro atoms. The van der Waals surface area contributed by atoms with Crippen LogP contribution in [0.15, 0.2) is 0 Å². The highest BCUT2D eigenvalue weighted by Gasteiger charge is 2.45. The first kappa shape index (κ1) is 15.5. The highest BCUT2D eigenvalue weighted by molar-refractivity contribution is 7.82. The van der Waals surface area contributed by atoms with Gasteiger partial charge in [0.05, 0.1) is 6.42 Å². The average molecular weight is 272 g/mol. The molecule has 18 heavy (non-hydrogen) atoms. The zero-order valence-electron chi connectivity index (χ0n) is 11.2. The van der Waals surface area contributed by atoms with E-state index in [-0.39, 0.29) is 6.42 Å². The molecule has 104 valence electrons. The Morgan fingerprint density at radius 2 is 1.61 bits per heavy atom. The Kier molecular flexibility index (Phi) is 6.76. The van der Waals surface area contributed by atoms with Crippen molar-refractivity contribution in [1.29, 1.82) is 0 Å². The molecule has 0 N–H and O–H groups in total. The third-order valence-corrected chi connectivity index (χ3v) is 4.03. The Labute approximate surface area is 115 Å². The number of rotatable bonds is 9. The number of ether oxygens (including phenoxy) is 1. The van der Waals surface area contributed by atoms with Crippen molar-refractivity contribution in [3.05, 3.63) is 0 Å². The van der Waals surface area contributed by atoms with E-state index in [0.29, 0.717) is 6.42 Å². The minimum absolute atomic E-state index is 0.130. The Morgan fingerprint density at radius 3 is 2.11 bits per heavy atom. The first-order valence-corrected chi connectivity index (χ1v) is 7.51.